The van der Waals surface area contributed by atoms with E-state index in [2.05, 4.69) is 21.2 Å². The summed E-state index contributed by atoms with van der Waals surface area (Å²) in [6.45, 7) is 0.304. The zero-order valence-electron chi connectivity index (χ0n) is 10.2. The SMILES string of the molecule is O=C(N1CCNC(c2cc(Cl)cc(Br)c2)C1)C(F)(F)F. The molecule has 1 saturated heterocycles. The van der Waals surface area contributed by atoms with Gasteiger partial charge in [-0.2, -0.15) is 13.2 Å². The fourth-order valence-electron chi connectivity index (χ4n) is 2.11. The van der Waals surface area contributed by atoms with E-state index < -0.39 is 12.1 Å². The summed E-state index contributed by atoms with van der Waals surface area (Å²) < 4.78 is 38.1. The summed E-state index contributed by atoms with van der Waals surface area (Å²) in [6.07, 6.45) is -4.84. The van der Waals surface area contributed by atoms with Gasteiger partial charge >= 0.3 is 12.1 Å². The molecule has 0 bridgehead atoms. The molecule has 1 atom stereocenters. The van der Waals surface area contributed by atoms with Crippen molar-refractivity contribution in [1.29, 1.82) is 0 Å². The van der Waals surface area contributed by atoms with Crippen molar-refractivity contribution in [3.8, 4) is 0 Å². The Morgan fingerprint density at radius 3 is 2.70 bits per heavy atom. The molecule has 1 N–H and O–H groups in total. The fourth-order valence-corrected chi connectivity index (χ4v) is 3.00. The Balaban J connectivity index is 2.16. The minimum atomic E-state index is -4.84. The third-order valence-electron chi connectivity index (χ3n) is 2.99. The van der Waals surface area contributed by atoms with Crippen LogP contribution in [0.2, 0.25) is 5.02 Å². The van der Waals surface area contributed by atoms with Gasteiger partial charge in [-0.15, -0.1) is 0 Å². The topological polar surface area (TPSA) is 32.3 Å². The molecule has 0 radical (unpaired) electrons. The monoisotopic (exact) mass is 370 g/mol. The largest absolute Gasteiger partial charge is 0.471 e. The molecule has 1 fully saturated rings. The predicted octanol–water partition coefficient (Wildman–Crippen LogP) is 3.14. The number of hydrogen-bond acceptors (Lipinski definition) is 2. The smallest absolute Gasteiger partial charge is 0.332 e. The molecule has 0 aliphatic carbocycles. The fraction of sp³-hybridized carbons (Fsp3) is 0.417. The standard InChI is InChI=1S/C12H11BrClF3N2O/c13-8-3-7(4-9(14)5-8)10-6-19(2-1-18-10)11(20)12(15,16)17/h3-5,10,18H,1-2,6H2. The zero-order chi connectivity index (χ0) is 14.9. The Hall–Kier alpha value is -0.790. The number of carbonyl (C=O) groups excluding carboxylic acids is 1. The highest BCUT2D eigenvalue weighted by molar-refractivity contribution is 9.10. The molecular formula is C12H11BrClF3N2O. The maximum Gasteiger partial charge on any atom is 0.471 e. The predicted molar refractivity (Wildman–Crippen MR) is 72.5 cm³/mol. The number of piperazine rings is 1. The lowest BCUT2D eigenvalue weighted by Crippen LogP contribution is -2.52. The number of hydrogen-bond donors (Lipinski definition) is 1. The van der Waals surface area contributed by atoms with E-state index in [0.717, 1.165) is 14.9 Å². The summed E-state index contributed by atoms with van der Waals surface area (Å²) in [7, 11) is 0. The van der Waals surface area contributed by atoms with Crippen molar-refractivity contribution in [2.24, 2.45) is 0 Å². The maximum absolute atomic E-state index is 12.5. The van der Waals surface area contributed by atoms with Gasteiger partial charge in [-0.05, 0) is 23.8 Å². The Kier molecular flexibility index (Phi) is 4.61. The van der Waals surface area contributed by atoms with Crippen molar-refractivity contribution in [2.75, 3.05) is 19.6 Å². The molecule has 20 heavy (non-hydrogen) atoms. The van der Waals surface area contributed by atoms with Gasteiger partial charge in [0.25, 0.3) is 0 Å². The maximum atomic E-state index is 12.5. The number of amides is 1. The van der Waals surface area contributed by atoms with E-state index in [9.17, 15) is 18.0 Å². The lowest BCUT2D eigenvalue weighted by Gasteiger charge is -2.34. The molecule has 2 rings (SSSR count). The molecule has 1 aliphatic heterocycles. The van der Waals surface area contributed by atoms with Gasteiger partial charge in [-0.1, -0.05) is 27.5 Å². The molecule has 110 valence electrons. The average Bonchev–Trinajstić information content (AvgIpc) is 2.36. The second-order valence-electron chi connectivity index (χ2n) is 4.46. The summed E-state index contributed by atoms with van der Waals surface area (Å²) >= 11 is 9.21. The van der Waals surface area contributed by atoms with E-state index in [0.29, 0.717) is 11.6 Å². The number of nitrogens with one attached hydrogen (secondary N) is 1. The van der Waals surface area contributed by atoms with Crippen molar-refractivity contribution >= 4 is 33.4 Å². The Labute approximate surface area is 127 Å². The third-order valence-corrected chi connectivity index (χ3v) is 3.67. The number of rotatable bonds is 1. The summed E-state index contributed by atoms with van der Waals surface area (Å²) in [5.74, 6) is -1.80. The normalized spacial score (nSPS) is 20.1. The van der Waals surface area contributed by atoms with Crippen LogP contribution in [0.5, 0.6) is 0 Å². The van der Waals surface area contributed by atoms with Gasteiger partial charge in [0.05, 0.1) is 6.04 Å². The van der Waals surface area contributed by atoms with E-state index in [1.54, 1.807) is 18.2 Å². The van der Waals surface area contributed by atoms with Gasteiger partial charge in [-0.25, -0.2) is 0 Å². The lowest BCUT2D eigenvalue weighted by molar-refractivity contribution is -0.186. The number of benzene rings is 1. The molecule has 0 aromatic heterocycles. The highest BCUT2D eigenvalue weighted by Gasteiger charge is 2.43. The minimum Gasteiger partial charge on any atom is -0.332 e. The molecule has 1 heterocycles. The van der Waals surface area contributed by atoms with Gasteiger partial charge in [0.1, 0.15) is 0 Å². The van der Waals surface area contributed by atoms with Crippen molar-refractivity contribution in [3.63, 3.8) is 0 Å². The number of alkyl halides is 3. The van der Waals surface area contributed by atoms with Crippen LogP contribution in [-0.2, 0) is 4.79 Å². The first-order valence-electron chi connectivity index (χ1n) is 5.83. The first-order chi connectivity index (χ1) is 9.27. The van der Waals surface area contributed by atoms with Crippen LogP contribution < -0.4 is 5.32 Å². The first kappa shape index (κ1) is 15.6. The van der Waals surface area contributed by atoms with Gasteiger partial charge in [0.15, 0.2) is 0 Å². The minimum absolute atomic E-state index is 0.0366. The Morgan fingerprint density at radius 1 is 1.40 bits per heavy atom. The second kappa shape index (κ2) is 5.91. The summed E-state index contributed by atoms with van der Waals surface area (Å²) in [4.78, 5) is 12.1. The van der Waals surface area contributed by atoms with Crippen molar-refractivity contribution in [2.45, 2.75) is 12.2 Å². The summed E-state index contributed by atoms with van der Waals surface area (Å²) in [6, 6.07) is 4.76. The van der Waals surface area contributed by atoms with Gasteiger partial charge in [-0.3, -0.25) is 4.79 Å². The van der Waals surface area contributed by atoms with E-state index >= 15 is 0 Å². The first-order valence-corrected chi connectivity index (χ1v) is 7.00. The highest BCUT2D eigenvalue weighted by atomic mass is 79.9. The molecule has 1 unspecified atom stereocenters. The Morgan fingerprint density at radius 2 is 2.10 bits per heavy atom. The van der Waals surface area contributed by atoms with Crippen LogP contribution in [0.4, 0.5) is 13.2 Å². The quantitative estimate of drug-likeness (QED) is 0.822. The molecule has 3 nitrogen and oxygen atoms in total. The van der Waals surface area contributed by atoms with Gasteiger partial charge in [0.2, 0.25) is 0 Å². The molecular weight excluding hydrogens is 360 g/mol. The third kappa shape index (κ3) is 3.65. The zero-order valence-corrected chi connectivity index (χ0v) is 12.5. The van der Waals surface area contributed by atoms with Crippen molar-refractivity contribution < 1.29 is 18.0 Å². The number of nitrogens with zero attached hydrogens (tertiary/aromatic N) is 1. The van der Waals surface area contributed by atoms with Gasteiger partial charge in [0, 0.05) is 29.1 Å². The molecule has 1 aromatic carbocycles. The van der Waals surface area contributed by atoms with Crippen LogP contribution in [0.3, 0.4) is 0 Å². The second-order valence-corrected chi connectivity index (χ2v) is 5.81. The van der Waals surface area contributed by atoms with Crippen LogP contribution in [-0.4, -0.2) is 36.6 Å². The lowest BCUT2D eigenvalue weighted by atomic mass is 10.0. The van der Waals surface area contributed by atoms with E-state index in [1.807, 2.05) is 0 Å². The summed E-state index contributed by atoms with van der Waals surface area (Å²) in [5, 5.41) is 3.57. The van der Waals surface area contributed by atoms with Crippen LogP contribution >= 0.6 is 27.5 Å². The van der Waals surface area contributed by atoms with Crippen LogP contribution in [0.25, 0.3) is 0 Å². The molecule has 1 aliphatic rings. The van der Waals surface area contributed by atoms with E-state index in [4.69, 9.17) is 11.6 Å². The van der Waals surface area contributed by atoms with E-state index in [1.165, 1.54) is 0 Å². The molecule has 1 aromatic rings. The molecule has 0 saturated carbocycles. The molecule has 8 heteroatoms. The van der Waals surface area contributed by atoms with Crippen LogP contribution in [0.1, 0.15) is 11.6 Å². The number of halogens is 5. The summed E-state index contributed by atoms with van der Waals surface area (Å²) in [5.41, 5.74) is 0.740. The highest BCUT2D eigenvalue weighted by Crippen LogP contribution is 2.27. The molecule has 1 amide bonds. The molecule has 0 spiro atoms. The van der Waals surface area contributed by atoms with E-state index in [-0.39, 0.29) is 19.1 Å². The Bertz CT molecular complexity index is 504. The average molecular weight is 372 g/mol. The van der Waals surface area contributed by atoms with Crippen molar-refractivity contribution in [1.82, 2.24) is 10.2 Å². The number of carbonyl (C=O) groups is 1. The van der Waals surface area contributed by atoms with Crippen LogP contribution in [0, 0.1) is 0 Å². The van der Waals surface area contributed by atoms with Gasteiger partial charge < -0.3 is 10.2 Å². The van der Waals surface area contributed by atoms with Crippen molar-refractivity contribution in [3.05, 3.63) is 33.3 Å². The van der Waals surface area contributed by atoms with Crippen LogP contribution in [0.15, 0.2) is 22.7 Å².